The van der Waals surface area contributed by atoms with E-state index in [4.69, 9.17) is 9.47 Å². The third-order valence-electron chi connectivity index (χ3n) is 6.15. The number of ether oxygens (including phenoxy) is 2. The van der Waals surface area contributed by atoms with Crippen LogP contribution in [0.1, 0.15) is 42.7 Å². The molecule has 3 aromatic rings. The summed E-state index contributed by atoms with van der Waals surface area (Å²) in [5, 5.41) is 12.4. The number of fused-ring (bicyclic) bond motifs is 6. The lowest BCUT2D eigenvalue weighted by atomic mass is 9.87. The first-order valence-corrected chi connectivity index (χ1v) is 9.37. The molecule has 3 unspecified atom stereocenters. The Morgan fingerprint density at radius 3 is 2.26 bits per heavy atom. The summed E-state index contributed by atoms with van der Waals surface area (Å²) in [7, 11) is 0. The molecular weight excluding hydrogens is 340 g/mol. The van der Waals surface area contributed by atoms with Crippen molar-refractivity contribution in [2.45, 2.75) is 31.6 Å². The van der Waals surface area contributed by atoms with Crippen LogP contribution in [0.15, 0.2) is 54.6 Å². The predicted octanol–water partition coefficient (Wildman–Crippen LogP) is 5.73. The first kappa shape index (κ1) is 16.2. The molecule has 5 rings (SSSR count). The topological polar surface area (TPSA) is 55.8 Å². The average Bonchev–Trinajstić information content (AvgIpc) is 3.19. The second kappa shape index (κ2) is 6.02. The van der Waals surface area contributed by atoms with Crippen molar-refractivity contribution in [3.8, 4) is 17.2 Å². The van der Waals surface area contributed by atoms with Crippen LogP contribution in [0.2, 0.25) is 0 Å². The molecule has 2 aliphatic carbocycles. The summed E-state index contributed by atoms with van der Waals surface area (Å²) in [6.07, 6.45) is 1.37. The highest BCUT2D eigenvalue weighted by Gasteiger charge is 2.47. The third kappa shape index (κ3) is 2.40. The monoisotopic (exact) mass is 360 g/mol. The van der Waals surface area contributed by atoms with E-state index in [1.165, 1.54) is 0 Å². The fourth-order valence-electron chi connectivity index (χ4n) is 4.95. The Bertz CT molecular complexity index is 1040. The van der Waals surface area contributed by atoms with Crippen molar-refractivity contribution in [2.24, 2.45) is 5.92 Å². The van der Waals surface area contributed by atoms with E-state index in [1.54, 1.807) is 24.3 Å². The smallest absolute Gasteiger partial charge is 0.507 e. The Labute approximate surface area is 157 Å². The first-order valence-electron chi connectivity index (χ1n) is 9.37. The fraction of sp³-hybridized carbons (Fsp3) is 0.261. The van der Waals surface area contributed by atoms with Crippen LogP contribution in [-0.2, 0) is 0 Å². The summed E-state index contributed by atoms with van der Waals surface area (Å²) in [5.74, 6) is 2.39. The normalized spacial score (nSPS) is 22.6. The molecule has 0 heterocycles. The minimum Gasteiger partial charge on any atom is -0.507 e. The SMILES string of the molecule is CC1C2CCC1c1c2c(O)c2ccccc2c1OC(=O)Oc1ccccc1. The van der Waals surface area contributed by atoms with E-state index in [2.05, 4.69) is 6.92 Å². The maximum absolute atomic E-state index is 12.5. The predicted molar refractivity (Wildman–Crippen MR) is 103 cm³/mol. The molecule has 0 spiro atoms. The minimum absolute atomic E-state index is 0.306. The Kier molecular flexibility index (Phi) is 3.61. The van der Waals surface area contributed by atoms with E-state index in [0.29, 0.717) is 35.0 Å². The largest absolute Gasteiger partial charge is 0.519 e. The molecule has 0 aromatic heterocycles. The van der Waals surface area contributed by atoms with Gasteiger partial charge in [-0.2, -0.15) is 0 Å². The van der Waals surface area contributed by atoms with Crippen LogP contribution in [0, 0.1) is 5.92 Å². The van der Waals surface area contributed by atoms with Gasteiger partial charge in [0.2, 0.25) is 0 Å². The quantitative estimate of drug-likeness (QED) is 0.468. The number of benzene rings is 3. The summed E-state index contributed by atoms with van der Waals surface area (Å²) in [5.41, 5.74) is 1.94. The van der Waals surface area contributed by atoms with Crippen molar-refractivity contribution in [3.63, 3.8) is 0 Å². The second-order valence-corrected chi connectivity index (χ2v) is 7.47. The summed E-state index contributed by atoms with van der Waals surface area (Å²) < 4.78 is 11.1. The van der Waals surface area contributed by atoms with E-state index >= 15 is 0 Å². The van der Waals surface area contributed by atoms with Gasteiger partial charge in [0.25, 0.3) is 0 Å². The Morgan fingerprint density at radius 1 is 0.889 bits per heavy atom. The molecule has 1 fully saturated rings. The molecule has 1 N–H and O–H groups in total. The maximum atomic E-state index is 12.5. The first-order chi connectivity index (χ1) is 13.1. The molecule has 136 valence electrons. The average molecular weight is 360 g/mol. The number of aromatic hydroxyl groups is 1. The van der Waals surface area contributed by atoms with Gasteiger partial charge in [-0.05, 0) is 42.7 Å². The lowest BCUT2D eigenvalue weighted by Gasteiger charge is -2.22. The minimum atomic E-state index is -0.755. The Morgan fingerprint density at radius 2 is 1.52 bits per heavy atom. The van der Waals surface area contributed by atoms with Gasteiger partial charge >= 0.3 is 6.16 Å². The van der Waals surface area contributed by atoms with Crippen molar-refractivity contribution >= 4 is 16.9 Å². The number of hydrogen-bond donors (Lipinski definition) is 1. The van der Waals surface area contributed by atoms with Gasteiger partial charge in [-0.3, -0.25) is 0 Å². The summed E-state index contributed by atoms with van der Waals surface area (Å²) >= 11 is 0. The highest BCUT2D eigenvalue weighted by molar-refractivity contribution is 5.98. The van der Waals surface area contributed by atoms with Gasteiger partial charge in [-0.25, -0.2) is 4.79 Å². The van der Waals surface area contributed by atoms with Crippen molar-refractivity contribution in [1.82, 2.24) is 0 Å². The van der Waals surface area contributed by atoms with Gasteiger partial charge in [0.05, 0.1) is 0 Å². The fourth-order valence-corrected chi connectivity index (χ4v) is 4.95. The molecule has 0 radical (unpaired) electrons. The number of hydrogen-bond acceptors (Lipinski definition) is 4. The molecule has 0 saturated heterocycles. The van der Waals surface area contributed by atoms with Gasteiger partial charge in [0.1, 0.15) is 17.2 Å². The van der Waals surface area contributed by atoms with Gasteiger partial charge in [0.15, 0.2) is 0 Å². The van der Waals surface area contributed by atoms with Crippen molar-refractivity contribution in [2.75, 3.05) is 0 Å². The summed E-state index contributed by atoms with van der Waals surface area (Å²) in [4.78, 5) is 12.5. The molecule has 1 saturated carbocycles. The molecule has 4 heteroatoms. The molecular formula is C23H20O4. The van der Waals surface area contributed by atoms with Crippen LogP contribution < -0.4 is 9.47 Å². The molecule has 2 bridgehead atoms. The molecule has 3 aromatic carbocycles. The van der Waals surface area contributed by atoms with Crippen LogP contribution in [0.3, 0.4) is 0 Å². The van der Waals surface area contributed by atoms with E-state index in [9.17, 15) is 9.90 Å². The zero-order valence-electron chi connectivity index (χ0n) is 15.0. The molecule has 3 atom stereocenters. The molecule has 4 nitrogen and oxygen atoms in total. The van der Waals surface area contributed by atoms with Crippen LogP contribution in [0.4, 0.5) is 4.79 Å². The second-order valence-electron chi connectivity index (χ2n) is 7.47. The van der Waals surface area contributed by atoms with Crippen LogP contribution in [0.5, 0.6) is 17.2 Å². The van der Waals surface area contributed by atoms with Crippen molar-refractivity contribution in [3.05, 3.63) is 65.7 Å². The highest BCUT2D eigenvalue weighted by atomic mass is 16.7. The number of para-hydroxylation sites is 1. The summed E-state index contributed by atoms with van der Waals surface area (Å²) in [6.45, 7) is 2.22. The van der Waals surface area contributed by atoms with Gasteiger partial charge in [-0.1, -0.05) is 49.4 Å². The Balaban J connectivity index is 1.62. The van der Waals surface area contributed by atoms with E-state index < -0.39 is 6.16 Å². The molecule has 0 aliphatic heterocycles. The molecule has 27 heavy (non-hydrogen) atoms. The molecule has 0 amide bonds. The van der Waals surface area contributed by atoms with E-state index in [0.717, 1.165) is 34.7 Å². The van der Waals surface area contributed by atoms with Crippen LogP contribution >= 0.6 is 0 Å². The van der Waals surface area contributed by atoms with E-state index in [1.807, 2.05) is 30.3 Å². The van der Waals surface area contributed by atoms with Crippen molar-refractivity contribution in [1.29, 1.82) is 0 Å². The lowest BCUT2D eigenvalue weighted by Crippen LogP contribution is -2.16. The van der Waals surface area contributed by atoms with Crippen LogP contribution in [0.25, 0.3) is 10.8 Å². The van der Waals surface area contributed by atoms with Crippen molar-refractivity contribution < 1.29 is 19.4 Å². The zero-order chi connectivity index (χ0) is 18.5. The van der Waals surface area contributed by atoms with Gasteiger partial charge in [0, 0.05) is 21.9 Å². The van der Waals surface area contributed by atoms with Crippen LogP contribution in [-0.4, -0.2) is 11.3 Å². The third-order valence-corrected chi connectivity index (χ3v) is 6.15. The number of carbonyl (C=O) groups excluding carboxylic acids is 1. The highest BCUT2D eigenvalue weighted by Crippen LogP contribution is 2.63. The standard InChI is InChI=1S/C23H20O4/c1-13-15-11-12-16(13)20-19(15)21(24)17-9-5-6-10-18(17)22(20)27-23(25)26-14-7-3-2-4-8-14/h2-10,13,15-16,24H,11-12H2,1H3. The number of phenols is 1. The zero-order valence-corrected chi connectivity index (χ0v) is 15.0. The van der Waals surface area contributed by atoms with Gasteiger partial charge in [-0.15, -0.1) is 0 Å². The van der Waals surface area contributed by atoms with E-state index in [-0.39, 0.29) is 0 Å². The van der Waals surface area contributed by atoms with Gasteiger partial charge < -0.3 is 14.6 Å². The maximum Gasteiger partial charge on any atom is 0.519 e. The number of phenolic OH excluding ortho intramolecular Hbond substituents is 1. The number of rotatable bonds is 2. The Hall–Kier alpha value is -3.01. The number of carbonyl (C=O) groups is 1. The lowest BCUT2D eigenvalue weighted by molar-refractivity contribution is 0.152. The summed E-state index contributed by atoms with van der Waals surface area (Å²) in [6, 6.07) is 16.4. The molecule has 2 aliphatic rings.